The third kappa shape index (κ3) is 5.31. The molecule has 0 radical (unpaired) electrons. The number of ether oxygens (including phenoxy) is 2. The number of rotatable bonds is 8. The van der Waals surface area contributed by atoms with Crippen LogP contribution in [-0.4, -0.2) is 31.6 Å². The fraction of sp³-hybridized carbons (Fsp3) is 0.222. The molecule has 6 heteroatoms. The van der Waals surface area contributed by atoms with Crippen molar-refractivity contribution in [1.82, 2.24) is 5.32 Å². The van der Waals surface area contributed by atoms with Crippen molar-refractivity contribution in [2.75, 3.05) is 13.7 Å². The van der Waals surface area contributed by atoms with Gasteiger partial charge in [0.15, 0.2) is 6.61 Å². The van der Waals surface area contributed by atoms with E-state index in [1.807, 2.05) is 6.07 Å². The first kappa shape index (κ1) is 17.3. The summed E-state index contributed by atoms with van der Waals surface area (Å²) in [6.07, 6.45) is 0.150. The smallest absolute Gasteiger partial charge is 0.258 e. The summed E-state index contributed by atoms with van der Waals surface area (Å²) < 4.78 is 10.3. The minimum atomic E-state index is -1.34. The molecule has 0 saturated heterocycles. The highest BCUT2D eigenvalue weighted by Crippen LogP contribution is 2.16. The van der Waals surface area contributed by atoms with Crippen LogP contribution in [0.5, 0.6) is 11.5 Å². The Morgan fingerprint density at radius 1 is 1.04 bits per heavy atom. The third-order valence-corrected chi connectivity index (χ3v) is 3.33. The summed E-state index contributed by atoms with van der Waals surface area (Å²) in [6.45, 7) is -0.287. The number of carbonyl (C=O) groups excluding carboxylic acids is 2. The molecule has 2 aromatic carbocycles. The molecule has 0 spiro atoms. The molecule has 6 nitrogen and oxygen atoms in total. The number of carboxylic acid groups (broad SMARTS) is 1. The summed E-state index contributed by atoms with van der Waals surface area (Å²) in [5, 5.41) is 13.6. The topological polar surface area (TPSA) is 87.7 Å². The van der Waals surface area contributed by atoms with Crippen molar-refractivity contribution in [3.8, 4) is 11.5 Å². The Hall–Kier alpha value is -3.02. The largest absolute Gasteiger partial charge is 0.548 e. The predicted molar refractivity (Wildman–Crippen MR) is 85.6 cm³/mol. The van der Waals surface area contributed by atoms with Crippen molar-refractivity contribution in [3.05, 3.63) is 60.2 Å². The number of carboxylic acids is 1. The van der Waals surface area contributed by atoms with Crippen molar-refractivity contribution in [2.24, 2.45) is 0 Å². The summed E-state index contributed by atoms with van der Waals surface area (Å²) in [6, 6.07) is 14.6. The normalized spacial score (nSPS) is 11.4. The van der Waals surface area contributed by atoms with Gasteiger partial charge in [-0.25, -0.2) is 0 Å². The Morgan fingerprint density at radius 2 is 1.67 bits per heavy atom. The Kier molecular flexibility index (Phi) is 6.19. The number of amides is 1. The van der Waals surface area contributed by atoms with E-state index in [0.717, 1.165) is 5.56 Å². The summed E-state index contributed by atoms with van der Waals surface area (Å²) >= 11 is 0. The van der Waals surface area contributed by atoms with Crippen LogP contribution in [0.25, 0.3) is 0 Å². The van der Waals surface area contributed by atoms with E-state index in [1.165, 1.54) is 0 Å². The summed E-state index contributed by atoms with van der Waals surface area (Å²) in [5.41, 5.74) is 0.795. The second kappa shape index (κ2) is 8.57. The lowest BCUT2D eigenvalue weighted by atomic mass is 10.1. The minimum Gasteiger partial charge on any atom is -0.548 e. The maximum Gasteiger partial charge on any atom is 0.258 e. The molecule has 0 bridgehead atoms. The molecular weight excluding hydrogens is 310 g/mol. The minimum absolute atomic E-state index is 0.150. The first-order valence-corrected chi connectivity index (χ1v) is 7.39. The van der Waals surface area contributed by atoms with Crippen molar-refractivity contribution in [2.45, 2.75) is 12.5 Å². The zero-order chi connectivity index (χ0) is 17.4. The number of nitrogens with one attached hydrogen (secondary N) is 1. The molecular formula is C18H18NO5-. The summed E-state index contributed by atoms with van der Waals surface area (Å²) in [5.74, 6) is -0.710. The van der Waals surface area contributed by atoms with E-state index in [-0.39, 0.29) is 13.0 Å². The van der Waals surface area contributed by atoms with Crippen molar-refractivity contribution >= 4 is 11.9 Å². The van der Waals surface area contributed by atoms with Gasteiger partial charge in [-0.15, -0.1) is 0 Å². The molecule has 0 aliphatic heterocycles. The van der Waals surface area contributed by atoms with E-state index in [4.69, 9.17) is 9.47 Å². The molecule has 2 rings (SSSR count). The Labute approximate surface area is 140 Å². The van der Waals surface area contributed by atoms with Gasteiger partial charge in [0.05, 0.1) is 19.1 Å². The SMILES string of the molecule is COc1ccc(OCC(=O)N[C@H](Cc2ccccc2)C(=O)[O-])cc1. The molecule has 126 valence electrons. The molecule has 24 heavy (non-hydrogen) atoms. The molecule has 0 saturated carbocycles. The van der Waals surface area contributed by atoms with Gasteiger partial charge in [0, 0.05) is 0 Å². The lowest BCUT2D eigenvalue weighted by Crippen LogP contribution is -2.50. The second-order valence-electron chi connectivity index (χ2n) is 5.09. The molecule has 0 aromatic heterocycles. The average Bonchev–Trinajstić information content (AvgIpc) is 2.60. The van der Waals surface area contributed by atoms with Crippen LogP contribution < -0.4 is 19.9 Å². The Bertz CT molecular complexity index is 670. The molecule has 0 heterocycles. The first-order chi connectivity index (χ1) is 11.6. The average molecular weight is 328 g/mol. The van der Waals surface area contributed by atoms with Crippen LogP contribution in [0.1, 0.15) is 5.56 Å². The van der Waals surface area contributed by atoms with Gasteiger partial charge in [0.1, 0.15) is 11.5 Å². The van der Waals surface area contributed by atoms with Crippen molar-refractivity contribution in [1.29, 1.82) is 0 Å². The monoisotopic (exact) mass is 328 g/mol. The fourth-order valence-corrected chi connectivity index (χ4v) is 2.10. The van der Waals surface area contributed by atoms with Crippen LogP contribution in [-0.2, 0) is 16.0 Å². The molecule has 0 fully saturated rings. The van der Waals surface area contributed by atoms with Crippen molar-refractivity contribution in [3.63, 3.8) is 0 Å². The Balaban J connectivity index is 1.87. The summed E-state index contributed by atoms with van der Waals surface area (Å²) in [4.78, 5) is 23.1. The van der Waals surface area contributed by atoms with E-state index in [1.54, 1.807) is 55.6 Å². The van der Waals surface area contributed by atoms with Crippen LogP contribution >= 0.6 is 0 Å². The highest BCUT2D eigenvalue weighted by molar-refractivity contribution is 5.83. The van der Waals surface area contributed by atoms with E-state index in [2.05, 4.69) is 5.32 Å². The van der Waals surface area contributed by atoms with Gasteiger partial charge < -0.3 is 24.7 Å². The van der Waals surface area contributed by atoms with Gasteiger partial charge in [-0.2, -0.15) is 0 Å². The van der Waals surface area contributed by atoms with Gasteiger partial charge in [0.2, 0.25) is 0 Å². The highest BCUT2D eigenvalue weighted by atomic mass is 16.5. The second-order valence-corrected chi connectivity index (χ2v) is 5.09. The van der Waals surface area contributed by atoms with Gasteiger partial charge >= 0.3 is 0 Å². The number of aliphatic carboxylic acids is 1. The third-order valence-electron chi connectivity index (χ3n) is 3.33. The lowest BCUT2D eigenvalue weighted by Gasteiger charge is -2.20. The first-order valence-electron chi connectivity index (χ1n) is 7.39. The molecule has 1 amide bonds. The van der Waals surface area contributed by atoms with Crippen LogP contribution in [0.3, 0.4) is 0 Å². The molecule has 0 aliphatic rings. The fourth-order valence-electron chi connectivity index (χ4n) is 2.10. The lowest BCUT2D eigenvalue weighted by molar-refractivity contribution is -0.308. The zero-order valence-electron chi connectivity index (χ0n) is 13.2. The van der Waals surface area contributed by atoms with E-state index < -0.39 is 17.9 Å². The molecule has 2 aromatic rings. The zero-order valence-corrected chi connectivity index (χ0v) is 13.2. The standard InChI is InChI=1S/C18H19NO5/c1-23-14-7-9-15(10-8-14)24-12-17(20)19-16(18(21)22)11-13-5-3-2-4-6-13/h2-10,16H,11-12H2,1H3,(H,19,20)(H,21,22)/p-1/t16-/m1/s1. The van der Waals surface area contributed by atoms with Gasteiger partial charge in [-0.05, 0) is 36.2 Å². The van der Waals surface area contributed by atoms with Crippen LogP contribution in [0.2, 0.25) is 0 Å². The van der Waals surface area contributed by atoms with Gasteiger partial charge in [-0.3, -0.25) is 4.79 Å². The van der Waals surface area contributed by atoms with Gasteiger partial charge in [0.25, 0.3) is 5.91 Å². The van der Waals surface area contributed by atoms with Crippen LogP contribution in [0, 0.1) is 0 Å². The maximum absolute atomic E-state index is 11.9. The molecule has 1 atom stereocenters. The highest BCUT2D eigenvalue weighted by Gasteiger charge is 2.14. The number of methoxy groups -OCH3 is 1. The van der Waals surface area contributed by atoms with E-state index >= 15 is 0 Å². The quantitative estimate of drug-likeness (QED) is 0.765. The predicted octanol–water partition coefficient (Wildman–Crippen LogP) is 0.551. The van der Waals surface area contributed by atoms with Crippen LogP contribution in [0.15, 0.2) is 54.6 Å². The number of hydrogen-bond donors (Lipinski definition) is 1. The number of carbonyl (C=O) groups is 2. The molecule has 0 aliphatic carbocycles. The summed E-state index contributed by atoms with van der Waals surface area (Å²) in [7, 11) is 1.55. The maximum atomic E-state index is 11.9. The van der Waals surface area contributed by atoms with E-state index in [0.29, 0.717) is 11.5 Å². The number of hydrogen-bond acceptors (Lipinski definition) is 5. The molecule has 0 unspecified atom stereocenters. The van der Waals surface area contributed by atoms with Gasteiger partial charge in [-0.1, -0.05) is 30.3 Å². The molecule has 1 N–H and O–H groups in total. The van der Waals surface area contributed by atoms with Crippen LogP contribution in [0.4, 0.5) is 0 Å². The van der Waals surface area contributed by atoms with E-state index in [9.17, 15) is 14.7 Å². The Morgan fingerprint density at radius 3 is 2.25 bits per heavy atom. The van der Waals surface area contributed by atoms with Crippen molar-refractivity contribution < 1.29 is 24.2 Å². The number of benzene rings is 2.